The fourth-order valence-electron chi connectivity index (χ4n) is 1.78. The molecule has 5 heteroatoms. The maximum Gasteiger partial charge on any atom is 0.308 e. The van der Waals surface area contributed by atoms with E-state index in [-0.39, 0.29) is 5.91 Å². The molecule has 0 aromatic rings. The van der Waals surface area contributed by atoms with Crippen LogP contribution in [0.4, 0.5) is 0 Å². The summed E-state index contributed by atoms with van der Waals surface area (Å²) < 4.78 is 0. The largest absolute Gasteiger partial charge is 0.481 e. The number of carboxylic acid groups (broad SMARTS) is 1. The number of aliphatic carboxylic acids is 1. The van der Waals surface area contributed by atoms with Crippen LogP contribution in [0.25, 0.3) is 0 Å². The molecule has 0 aromatic heterocycles. The van der Waals surface area contributed by atoms with E-state index >= 15 is 0 Å². The minimum Gasteiger partial charge on any atom is -0.481 e. The van der Waals surface area contributed by atoms with Gasteiger partial charge >= 0.3 is 5.97 Å². The first-order valence-corrected chi connectivity index (χ1v) is 6.89. The number of carboxylic acids is 1. The number of nitrogens with zero attached hydrogens (tertiary/aromatic N) is 2. The van der Waals surface area contributed by atoms with Crippen molar-refractivity contribution in [3.05, 3.63) is 0 Å². The van der Waals surface area contributed by atoms with Crippen molar-refractivity contribution < 1.29 is 14.7 Å². The smallest absolute Gasteiger partial charge is 0.308 e. The molecule has 1 atom stereocenters. The highest BCUT2D eigenvalue weighted by molar-refractivity contribution is 5.77. The molecule has 0 aromatic carbocycles. The molecule has 0 fully saturated rings. The van der Waals surface area contributed by atoms with E-state index in [4.69, 9.17) is 5.11 Å². The number of carbonyl (C=O) groups excluding carboxylic acids is 1. The van der Waals surface area contributed by atoms with Gasteiger partial charge in [0.1, 0.15) is 0 Å². The highest BCUT2D eigenvalue weighted by atomic mass is 16.4. The molecule has 0 aliphatic carbocycles. The predicted octanol–water partition coefficient (Wildman–Crippen LogP) is 1.53. The first-order valence-electron chi connectivity index (χ1n) is 6.89. The normalized spacial score (nSPS) is 12.8. The molecular weight excluding hydrogens is 244 g/mol. The zero-order valence-electron chi connectivity index (χ0n) is 12.8. The molecular formula is C14H28N2O3. The average molecular weight is 272 g/mol. The summed E-state index contributed by atoms with van der Waals surface area (Å²) in [7, 11) is 3.97. The summed E-state index contributed by atoms with van der Waals surface area (Å²) in [5, 5.41) is 8.96. The maximum atomic E-state index is 12.1. The van der Waals surface area contributed by atoms with E-state index in [9.17, 15) is 9.59 Å². The van der Waals surface area contributed by atoms with Crippen molar-refractivity contribution in [1.82, 2.24) is 9.80 Å². The van der Waals surface area contributed by atoms with E-state index in [1.54, 1.807) is 11.8 Å². The molecule has 0 bridgehead atoms. The van der Waals surface area contributed by atoms with Gasteiger partial charge in [-0.3, -0.25) is 9.59 Å². The lowest BCUT2D eigenvalue weighted by atomic mass is 10.1. The van der Waals surface area contributed by atoms with Gasteiger partial charge in [-0.1, -0.05) is 20.8 Å². The van der Waals surface area contributed by atoms with E-state index in [2.05, 4.69) is 4.90 Å². The second-order valence-corrected chi connectivity index (χ2v) is 5.83. The fourth-order valence-corrected chi connectivity index (χ4v) is 1.78. The van der Waals surface area contributed by atoms with Crippen LogP contribution in [-0.4, -0.2) is 60.5 Å². The van der Waals surface area contributed by atoms with Crippen molar-refractivity contribution in [2.45, 2.75) is 33.6 Å². The zero-order valence-corrected chi connectivity index (χ0v) is 12.8. The van der Waals surface area contributed by atoms with Gasteiger partial charge in [-0.15, -0.1) is 0 Å². The fraction of sp³-hybridized carbons (Fsp3) is 0.857. The van der Waals surface area contributed by atoms with E-state index in [0.29, 0.717) is 25.4 Å². The molecule has 1 amide bonds. The van der Waals surface area contributed by atoms with Crippen molar-refractivity contribution >= 4 is 11.9 Å². The van der Waals surface area contributed by atoms with Gasteiger partial charge in [0.05, 0.1) is 5.92 Å². The molecule has 0 rings (SSSR count). The second-order valence-electron chi connectivity index (χ2n) is 5.83. The monoisotopic (exact) mass is 272 g/mol. The summed E-state index contributed by atoms with van der Waals surface area (Å²) >= 11 is 0. The Kier molecular flexibility index (Phi) is 8.39. The van der Waals surface area contributed by atoms with Gasteiger partial charge in [0.2, 0.25) is 5.91 Å². The molecule has 112 valence electrons. The van der Waals surface area contributed by atoms with Crippen LogP contribution in [-0.2, 0) is 9.59 Å². The zero-order chi connectivity index (χ0) is 15.0. The molecule has 0 aliphatic heterocycles. The molecule has 0 heterocycles. The lowest BCUT2D eigenvalue weighted by molar-refractivity contribution is -0.143. The van der Waals surface area contributed by atoms with Crippen molar-refractivity contribution in [3.8, 4) is 0 Å². The Balaban J connectivity index is 4.45. The van der Waals surface area contributed by atoms with Gasteiger partial charge in [0.15, 0.2) is 0 Å². The van der Waals surface area contributed by atoms with Crippen LogP contribution in [0.2, 0.25) is 0 Å². The number of carbonyl (C=O) groups is 2. The summed E-state index contributed by atoms with van der Waals surface area (Å²) in [4.78, 5) is 26.8. The minimum atomic E-state index is -0.852. The highest BCUT2D eigenvalue weighted by Crippen LogP contribution is 2.08. The summed E-state index contributed by atoms with van der Waals surface area (Å²) in [6, 6.07) is 0. The van der Waals surface area contributed by atoms with Gasteiger partial charge in [-0.25, -0.2) is 0 Å². The van der Waals surface area contributed by atoms with Crippen LogP contribution in [0, 0.1) is 11.8 Å². The third-order valence-corrected chi connectivity index (χ3v) is 2.88. The second kappa shape index (κ2) is 8.91. The number of hydrogen-bond donors (Lipinski definition) is 1. The van der Waals surface area contributed by atoms with Crippen LogP contribution >= 0.6 is 0 Å². The van der Waals surface area contributed by atoms with Gasteiger partial charge in [0, 0.05) is 19.5 Å². The van der Waals surface area contributed by atoms with Gasteiger partial charge in [0.25, 0.3) is 0 Å². The summed E-state index contributed by atoms with van der Waals surface area (Å²) in [5.41, 5.74) is 0. The van der Waals surface area contributed by atoms with Gasteiger partial charge in [-0.2, -0.15) is 0 Å². The number of amides is 1. The van der Waals surface area contributed by atoms with E-state index in [1.165, 1.54) is 0 Å². The number of hydrogen-bond acceptors (Lipinski definition) is 3. The maximum absolute atomic E-state index is 12.1. The van der Waals surface area contributed by atoms with Crippen LogP contribution < -0.4 is 0 Å². The van der Waals surface area contributed by atoms with Gasteiger partial charge < -0.3 is 14.9 Å². The van der Waals surface area contributed by atoms with Crippen molar-refractivity contribution in [1.29, 1.82) is 0 Å². The van der Waals surface area contributed by atoms with E-state index in [0.717, 1.165) is 13.0 Å². The Labute approximate surface area is 116 Å². The van der Waals surface area contributed by atoms with E-state index in [1.807, 2.05) is 27.9 Å². The predicted molar refractivity (Wildman–Crippen MR) is 76.0 cm³/mol. The minimum absolute atomic E-state index is 0.0573. The first-order chi connectivity index (χ1) is 8.73. The highest BCUT2D eigenvalue weighted by Gasteiger charge is 2.20. The molecule has 0 aliphatic rings. The molecule has 19 heavy (non-hydrogen) atoms. The van der Waals surface area contributed by atoms with Crippen LogP contribution in [0.1, 0.15) is 33.6 Å². The molecule has 0 saturated heterocycles. The first kappa shape index (κ1) is 17.9. The van der Waals surface area contributed by atoms with E-state index < -0.39 is 11.9 Å². The molecule has 5 nitrogen and oxygen atoms in total. The SMILES string of the molecule is CC(C)CC(=O)N(CCCN(C)C)CC(C)C(=O)O. The Bertz CT molecular complexity index is 290. The topological polar surface area (TPSA) is 60.9 Å². The van der Waals surface area contributed by atoms with Crippen LogP contribution in [0.3, 0.4) is 0 Å². The Morgan fingerprint density at radius 1 is 1.11 bits per heavy atom. The van der Waals surface area contributed by atoms with Gasteiger partial charge in [-0.05, 0) is 33.0 Å². The van der Waals surface area contributed by atoms with Crippen molar-refractivity contribution in [3.63, 3.8) is 0 Å². The molecule has 0 radical (unpaired) electrons. The molecule has 1 N–H and O–H groups in total. The number of rotatable bonds is 9. The van der Waals surface area contributed by atoms with Crippen molar-refractivity contribution in [2.24, 2.45) is 11.8 Å². The Hall–Kier alpha value is -1.10. The lowest BCUT2D eigenvalue weighted by Crippen LogP contribution is -2.39. The average Bonchev–Trinajstić information content (AvgIpc) is 2.25. The van der Waals surface area contributed by atoms with Crippen LogP contribution in [0.15, 0.2) is 0 Å². The standard InChI is InChI=1S/C14H28N2O3/c1-11(2)9-13(17)16(8-6-7-15(4)5)10-12(3)14(18)19/h11-12H,6-10H2,1-5H3,(H,18,19). The lowest BCUT2D eigenvalue weighted by Gasteiger charge is -2.26. The molecule has 0 spiro atoms. The van der Waals surface area contributed by atoms with Crippen LogP contribution in [0.5, 0.6) is 0 Å². The summed E-state index contributed by atoms with van der Waals surface area (Å²) in [5.74, 6) is -1.02. The van der Waals surface area contributed by atoms with Crippen molar-refractivity contribution in [2.75, 3.05) is 33.7 Å². The Morgan fingerprint density at radius 2 is 1.68 bits per heavy atom. The summed E-state index contributed by atoms with van der Waals surface area (Å²) in [6.45, 7) is 7.46. The molecule has 0 saturated carbocycles. The Morgan fingerprint density at radius 3 is 2.11 bits per heavy atom. The summed E-state index contributed by atoms with van der Waals surface area (Å²) in [6.07, 6.45) is 1.34. The molecule has 1 unspecified atom stereocenters. The quantitative estimate of drug-likeness (QED) is 0.691. The third-order valence-electron chi connectivity index (χ3n) is 2.88. The third kappa shape index (κ3) is 8.59.